The van der Waals surface area contributed by atoms with Crippen LogP contribution in [0.4, 0.5) is 11.8 Å². The van der Waals surface area contributed by atoms with Gasteiger partial charge < -0.3 is 15.3 Å². The van der Waals surface area contributed by atoms with E-state index in [1.807, 2.05) is 19.9 Å². The van der Waals surface area contributed by atoms with Crippen molar-refractivity contribution < 1.29 is 5.11 Å². The lowest BCUT2D eigenvalue weighted by Gasteiger charge is -2.37. The third-order valence-corrected chi connectivity index (χ3v) is 2.97. The normalized spacial score (nSPS) is 24.8. The number of nitrogens with zero attached hydrogens (tertiary/aromatic N) is 3. The van der Waals surface area contributed by atoms with Gasteiger partial charge in [0, 0.05) is 25.8 Å². The molecule has 1 aromatic heterocycles. The number of hydrogen-bond acceptors (Lipinski definition) is 5. The van der Waals surface area contributed by atoms with Crippen LogP contribution >= 0.6 is 0 Å². The minimum absolute atomic E-state index is 0.610. The largest absolute Gasteiger partial charge is 0.388 e. The second kappa shape index (κ2) is 4.87. The van der Waals surface area contributed by atoms with E-state index in [1.165, 1.54) is 0 Å². The average Bonchev–Trinajstić information content (AvgIpc) is 2.28. The molecule has 2 heterocycles. The third-order valence-electron chi connectivity index (χ3n) is 2.97. The van der Waals surface area contributed by atoms with Crippen LogP contribution in [0.2, 0.25) is 0 Å². The molecule has 1 aliphatic rings. The van der Waals surface area contributed by atoms with Gasteiger partial charge in [-0.2, -0.15) is 4.98 Å². The summed E-state index contributed by atoms with van der Waals surface area (Å²) in [6.07, 6.45) is 3.60. The van der Waals surface area contributed by atoms with Crippen molar-refractivity contribution in [2.24, 2.45) is 0 Å². The molecule has 1 fully saturated rings. The molecule has 1 saturated heterocycles. The number of nitrogens with one attached hydrogen (secondary N) is 1. The highest BCUT2D eigenvalue weighted by Crippen LogP contribution is 2.24. The molecule has 1 unspecified atom stereocenters. The van der Waals surface area contributed by atoms with E-state index in [4.69, 9.17) is 0 Å². The Morgan fingerprint density at radius 3 is 3.12 bits per heavy atom. The van der Waals surface area contributed by atoms with Crippen LogP contribution in [0, 0.1) is 0 Å². The molecule has 0 radical (unpaired) electrons. The highest BCUT2D eigenvalue weighted by atomic mass is 16.3. The highest BCUT2D eigenvalue weighted by molar-refractivity contribution is 5.43. The van der Waals surface area contributed by atoms with E-state index in [-0.39, 0.29) is 0 Å². The number of β-amino-alcohol motifs (C(OH)–C–C–N with tert-alkyl or cyclic N) is 1. The second-order valence-corrected chi connectivity index (χ2v) is 4.79. The maximum Gasteiger partial charge on any atom is 0.224 e. The van der Waals surface area contributed by atoms with Crippen molar-refractivity contribution in [2.75, 3.05) is 29.9 Å². The van der Waals surface area contributed by atoms with Gasteiger partial charge in [0.2, 0.25) is 5.95 Å². The van der Waals surface area contributed by atoms with Crippen molar-refractivity contribution in [3.8, 4) is 0 Å². The SMILES string of the molecule is CCNc1nccc(N2CCCC(C)(O)C2)n1. The summed E-state index contributed by atoms with van der Waals surface area (Å²) >= 11 is 0. The van der Waals surface area contributed by atoms with E-state index < -0.39 is 5.60 Å². The summed E-state index contributed by atoms with van der Waals surface area (Å²) in [5.41, 5.74) is -0.610. The Labute approximate surface area is 102 Å². The van der Waals surface area contributed by atoms with Crippen molar-refractivity contribution in [2.45, 2.75) is 32.3 Å². The quantitative estimate of drug-likeness (QED) is 0.827. The molecule has 17 heavy (non-hydrogen) atoms. The van der Waals surface area contributed by atoms with Gasteiger partial charge in [-0.25, -0.2) is 4.98 Å². The van der Waals surface area contributed by atoms with Crippen molar-refractivity contribution in [1.29, 1.82) is 0 Å². The summed E-state index contributed by atoms with van der Waals surface area (Å²) in [6.45, 7) is 6.28. The maximum atomic E-state index is 10.1. The molecule has 0 bridgehead atoms. The van der Waals surface area contributed by atoms with Crippen molar-refractivity contribution in [3.63, 3.8) is 0 Å². The number of hydrogen-bond donors (Lipinski definition) is 2. The minimum atomic E-state index is -0.610. The Morgan fingerprint density at radius 2 is 2.41 bits per heavy atom. The van der Waals surface area contributed by atoms with Gasteiger partial charge >= 0.3 is 0 Å². The van der Waals surface area contributed by atoms with E-state index in [0.717, 1.165) is 31.7 Å². The molecule has 2 N–H and O–H groups in total. The molecule has 94 valence electrons. The summed E-state index contributed by atoms with van der Waals surface area (Å²) in [7, 11) is 0. The zero-order chi connectivity index (χ0) is 12.3. The highest BCUT2D eigenvalue weighted by Gasteiger charge is 2.29. The Bertz CT molecular complexity index is 381. The Morgan fingerprint density at radius 1 is 1.59 bits per heavy atom. The molecule has 1 aromatic rings. The van der Waals surface area contributed by atoms with Crippen molar-refractivity contribution >= 4 is 11.8 Å². The standard InChI is InChI=1S/C12H20N4O/c1-3-13-11-14-7-5-10(15-11)16-8-4-6-12(2,17)9-16/h5,7,17H,3-4,6,8-9H2,1-2H3,(H,13,14,15). The number of piperidine rings is 1. The van der Waals surface area contributed by atoms with Crippen LogP contribution in [0.5, 0.6) is 0 Å². The van der Waals surface area contributed by atoms with E-state index in [9.17, 15) is 5.11 Å². The van der Waals surface area contributed by atoms with Crippen LogP contribution in [-0.4, -0.2) is 40.3 Å². The van der Waals surface area contributed by atoms with Crippen LogP contribution in [0.25, 0.3) is 0 Å². The van der Waals surface area contributed by atoms with Crippen LogP contribution < -0.4 is 10.2 Å². The summed E-state index contributed by atoms with van der Waals surface area (Å²) in [5, 5.41) is 13.2. The topological polar surface area (TPSA) is 61.3 Å². The van der Waals surface area contributed by atoms with E-state index in [2.05, 4.69) is 20.2 Å². The third kappa shape index (κ3) is 3.06. The van der Waals surface area contributed by atoms with Crippen molar-refractivity contribution in [1.82, 2.24) is 9.97 Å². The molecular weight excluding hydrogens is 216 g/mol. The molecule has 0 aromatic carbocycles. The summed E-state index contributed by atoms with van der Waals surface area (Å²) in [4.78, 5) is 10.7. The van der Waals surface area contributed by atoms with Gasteiger partial charge in [-0.15, -0.1) is 0 Å². The first-order chi connectivity index (χ1) is 8.11. The molecule has 2 rings (SSSR count). The van der Waals surface area contributed by atoms with Gasteiger partial charge in [0.25, 0.3) is 0 Å². The molecule has 0 spiro atoms. The first kappa shape index (κ1) is 12.1. The Balaban J connectivity index is 2.13. The fraction of sp³-hybridized carbons (Fsp3) is 0.667. The number of anilines is 2. The molecule has 1 atom stereocenters. The molecule has 0 amide bonds. The predicted molar refractivity (Wildman–Crippen MR) is 68.3 cm³/mol. The van der Waals surface area contributed by atoms with Crippen LogP contribution in [0.1, 0.15) is 26.7 Å². The summed E-state index contributed by atoms with van der Waals surface area (Å²) in [6, 6.07) is 1.89. The maximum absolute atomic E-state index is 10.1. The van der Waals surface area contributed by atoms with Gasteiger partial charge in [0.05, 0.1) is 5.60 Å². The Kier molecular flexibility index (Phi) is 3.47. The molecule has 5 nitrogen and oxygen atoms in total. The summed E-state index contributed by atoms with van der Waals surface area (Å²) in [5.74, 6) is 1.53. The second-order valence-electron chi connectivity index (χ2n) is 4.79. The van der Waals surface area contributed by atoms with E-state index >= 15 is 0 Å². The fourth-order valence-corrected chi connectivity index (χ4v) is 2.18. The minimum Gasteiger partial charge on any atom is -0.388 e. The van der Waals surface area contributed by atoms with E-state index in [0.29, 0.717) is 12.5 Å². The van der Waals surface area contributed by atoms with Crippen LogP contribution in [0.15, 0.2) is 12.3 Å². The van der Waals surface area contributed by atoms with Crippen LogP contribution in [-0.2, 0) is 0 Å². The lowest BCUT2D eigenvalue weighted by molar-refractivity contribution is 0.0447. The van der Waals surface area contributed by atoms with Gasteiger partial charge in [-0.1, -0.05) is 0 Å². The molecule has 1 aliphatic heterocycles. The smallest absolute Gasteiger partial charge is 0.224 e. The zero-order valence-electron chi connectivity index (χ0n) is 10.5. The fourth-order valence-electron chi connectivity index (χ4n) is 2.18. The molecular formula is C12H20N4O. The average molecular weight is 236 g/mol. The molecule has 5 heteroatoms. The lowest BCUT2D eigenvalue weighted by atomic mass is 9.95. The molecule has 0 aliphatic carbocycles. The van der Waals surface area contributed by atoms with Crippen molar-refractivity contribution in [3.05, 3.63) is 12.3 Å². The van der Waals surface area contributed by atoms with E-state index in [1.54, 1.807) is 6.20 Å². The van der Waals surface area contributed by atoms with Crippen LogP contribution in [0.3, 0.4) is 0 Å². The molecule has 0 saturated carbocycles. The first-order valence-corrected chi connectivity index (χ1v) is 6.15. The first-order valence-electron chi connectivity index (χ1n) is 6.15. The van der Waals surface area contributed by atoms with Gasteiger partial charge in [0.1, 0.15) is 5.82 Å². The monoisotopic (exact) mass is 236 g/mol. The van der Waals surface area contributed by atoms with Gasteiger partial charge in [0.15, 0.2) is 0 Å². The predicted octanol–water partition coefficient (Wildman–Crippen LogP) is 1.26. The lowest BCUT2D eigenvalue weighted by Crippen LogP contribution is -2.46. The number of rotatable bonds is 3. The zero-order valence-corrected chi connectivity index (χ0v) is 10.5. The summed E-state index contributed by atoms with van der Waals surface area (Å²) < 4.78 is 0. The van der Waals surface area contributed by atoms with Gasteiger partial charge in [-0.3, -0.25) is 0 Å². The number of aliphatic hydroxyl groups is 1. The van der Waals surface area contributed by atoms with Gasteiger partial charge in [-0.05, 0) is 32.8 Å². The Hall–Kier alpha value is -1.36. The number of aromatic nitrogens is 2.